The summed E-state index contributed by atoms with van der Waals surface area (Å²) < 4.78 is 0. The van der Waals surface area contributed by atoms with Gasteiger partial charge in [-0.1, -0.05) is 27.2 Å². The van der Waals surface area contributed by atoms with E-state index in [-0.39, 0.29) is 28.3 Å². The Kier molecular flexibility index (Phi) is 3.14. The quantitative estimate of drug-likeness (QED) is 0.808. The average molecular weight is 319 g/mol. The highest BCUT2D eigenvalue weighted by molar-refractivity contribution is 5.72. The van der Waals surface area contributed by atoms with Gasteiger partial charge in [0.1, 0.15) is 0 Å². The van der Waals surface area contributed by atoms with E-state index in [0.29, 0.717) is 5.92 Å². The lowest BCUT2D eigenvalue weighted by atomic mass is 9.40. The summed E-state index contributed by atoms with van der Waals surface area (Å²) in [5, 5.41) is 22.6. The highest BCUT2D eigenvalue weighted by Crippen LogP contribution is 2.73. The van der Waals surface area contributed by atoms with E-state index in [0.717, 1.165) is 51.4 Å². The Balaban J connectivity index is 1.74. The first kappa shape index (κ1) is 15.9. The molecular formula is C20H31O3-. The van der Waals surface area contributed by atoms with Crippen LogP contribution < -0.4 is 5.11 Å². The molecule has 4 fully saturated rings. The summed E-state index contributed by atoms with van der Waals surface area (Å²) in [5.74, 6) is -0.0131. The third kappa shape index (κ3) is 1.83. The molecule has 0 heterocycles. The van der Waals surface area contributed by atoms with Gasteiger partial charge in [-0.05, 0) is 79.4 Å². The summed E-state index contributed by atoms with van der Waals surface area (Å²) in [7, 11) is 0. The molecule has 0 radical (unpaired) electrons. The van der Waals surface area contributed by atoms with Gasteiger partial charge < -0.3 is 15.0 Å². The van der Waals surface area contributed by atoms with Crippen molar-refractivity contribution in [3.8, 4) is 0 Å². The molecule has 1 spiro atoms. The molecule has 7 atom stereocenters. The number of aliphatic hydroxyl groups is 1. The third-order valence-electron chi connectivity index (χ3n) is 9.07. The van der Waals surface area contributed by atoms with Gasteiger partial charge >= 0.3 is 0 Å². The molecule has 0 aromatic heterocycles. The second-order valence-corrected chi connectivity index (χ2v) is 10.2. The molecule has 0 saturated heterocycles. The summed E-state index contributed by atoms with van der Waals surface area (Å²) in [6.45, 7) is 6.58. The Morgan fingerprint density at radius 3 is 2.43 bits per heavy atom. The molecule has 1 N–H and O–H groups in total. The minimum absolute atomic E-state index is 0.103. The van der Waals surface area contributed by atoms with E-state index < -0.39 is 11.4 Å². The first-order valence-corrected chi connectivity index (χ1v) is 9.56. The van der Waals surface area contributed by atoms with Gasteiger partial charge in [0.15, 0.2) is 0 Å². The predicted octanol–water partition coefficient (Wildman–Crippen LogP) is 2.90. The van der Waals surface area contributed by atoms with Crippen molar-refractivity contribution >= 4 is 5.97 Å². The number of carboxylic acid groups (broad SMARTS) is 1. The molecule has 0 aromatic carbocycles. The maximum atomic E-state index is 11.9. The lowest BCUT2D eigenvalue weighted by Crippen LogP contribution is -2.60. The fourth-order valence-electron chi connectivity index (χ4n) is 7.97. The summed E-state index contributed by atoms with van der Waals surface area (Å²) in [4.78, 5) is 11.9. The number of carbonyl (C=O) groups is 1. The third-order valence-corrected chi connectivity index (χ3v) is 9.07. The van der Waals surface area contributed by atoms with Crippen LogP contribution in [0.25, 0.3) is 0 Å². The average Bonchev–Trinajstić information content (AvgIpc) is 2.63. The van der Waals surface area contributed by atoms with Crippen LogP contribution in [0.2, 0.25) is 0 Å². The maximum Gasteiger partial charge on any atom is 0.0599 e. The lowest BCUT2D eigenvalue weighted by Gasteiger charge is -2.65. The van der Waals surface area contributed by atoms with Crippen molar-refractivity contribution in [2.45, 2.75) is 84.7 Å². The van der Waals surface area contributed by atoms with E-state index in [1.807, 2.05) is 6.92 Å². The second kappa shape index (κ2) is 4.53. The number of hydrogen-bond donors (Lipinski definition) is 1. The van der Waals surface area contributed by atoms with Gasteiger partial charge in [0.2, 0.25) is 0 Å². The summed E-state index contributed by atoms with van der Waals surface area (Å²) >= 11 is 0. The van der Waals surface area contributed by atoms with Crippen molar-refractivity contribution < 1.29 is 15.0 Å². The van der Waals surface area contributed by atoms with Crippen molar-refractivity contribution in [2.75, 3.05) is 0 Å². The van der Waals surface area contributed by atoms with Crippen LogP contribution in [0.15, 0.2) is 0 Å². The molecule has 4 rings (SSSR count). The molecule has 0 amide bonds. The number of hydrogen-bond acceptors (Lipinski definition) is 3. The van der Waals surface area contributed by atoms with E-state index in [1.54, 1.807) is 0 Å². The molecule has 4 saturated carbocycles. The highest BCUT2D eigenvalue weighted by atomic mass is 16.4. The smallest absolute Gasteiger partial charge is 0.0599 e. The Bertz CT molecular complexity index is 545. The predicted molar refractivity (Wildman–Crippen MR) is 86.3 cm³/mol. The molecule has 4 aliphatic rings. The van der Waals surface area contributed by atoms with E-state index in [2.05, 4.69) is 13.8 Å². The molecule has 3 heteroatoms. The highest BCUT2D eigenvalue weighted by Gasteiger charge is 2.67. The fraction of sp³-hybridized carbons (Fsp3) is 0.950. The number of fused-ring (bicyclic) bond motifs is 3. The zero-order valence-electron chi connectivity index (χ0n) is 14.9. The molecule has 7 unspecified atom stereocenters. The van der Waals surface area contributed by atoms with Crippen LogP contribution in [-0.4, -0.2) is 17.2 Å². The lowest BCUT2D eigenvalue weighted by molar-refractivity contribution is -0.328. The minimum atomic E-state index is -0.837. The Morgan fingerprint density at radius 1 is 1.04 bits per heavy atom. The van der Waals surface area contributed by atoms with Crippen molar-refractivity contribution in [1.82, 2.24) is 0 Å². The normalized spacial score (nSPS) is 58.3. The molecule has 4 aliphatic carbocycles. The molecule has 130 valence electrons. The van der Waals surface area contributed by atoms with Crippen molar-refractivity contribution in [1.29, 1.82) is 0 Å². The van der Waals surface area contributed by atoms with E-state index in [9.17, 15) is 15.0 Å². The molecular weight excluding hydrogens is 288 g/mol. The van der Waals surface area contributed by atoms with E-state index in [4.69, 9.17) is 0 Å². The van der Waals surface area contributed by atoms with Gasteiger partial charge in [-0.25, -0.2) is 0 Å². The van der Waals surface area contributed by atoms with Crippen LogP contribution in [0.3, 0.4) is 0 Å². The van der Waals surface area contributed by atoms with Gasteiger partial charge in [-0.2, -0.15) is 0 Å². The molecule has 2 bridgehead atoms. The van der Waals surface area contributed by atoms with Gasteiger partial charge in [0, 0.05) is 11.4 Å². The van der Waals surface area contributed by atoms with Crippen LogP contribution in [-0.2, 0) is 4.79 Å². The molecule has 23 heavy (non-hydrogen) atoms. The standard InChI is InChI=1S/C20H32O3/c1-17-9-5-14-18(2)7-4-8-19(3,16(22)23)13(18)6-10-20(14,12-17)11-15(17)21/h13-15,21H,4-12H2,1-3H3,(H,22,23)/p-1. The zero-order valence-corrected chi connectivity index (χ0v) is 14.9. The van der Waals surface area contributed by atoms with E-state index in [1.165, 1.54) is 6.42 Å². The van der Waals surface area contributed by atoms with Crippen LogP contribution >= 0.6 is 0 Å². The van der Waals surface area contributed by atoms with E-state index >= 15 is 0 Å². The maximum absolute atomic E-state index is 11.9. The van der Waals surface area contributed by atoms with Crippen LogP contribution in [0, 0.1) is 33.5 Å². The fourth-order valence-corrected chi connectivity index (χ4v) is 7.97. The SMILES string of the molecule is CC12CCC3C(CCC4C(C)(C(=O)[O-])CCCC34C)(CC1O)C2. The van der Waals surface area contributed by atoms with Crippen molar-refractivity contribution in [2.24, 2.45) is 33.5 Å². The molecule has 0 aliphatic heterocycles. The van der Waals surface area contributed by atoms with Crippen molar-refractivity contribution in [3.05, 3.63) is 0 Å². The monoisotopic (exact) mass is 319 g/mol. The van der Waals surface area contributed by atoms with Crippen LogP contribution in [0.1, 0.15) is 78.6 Å². The Hall–Kier alpha value is -0.570. The van der Waals surface area contributed by atoms with Gasteiger partial charge in [0.05, 0.1) is 6.10 Å². The first-order valence-electron chi connectivity index (χ1n) is 9.56. The van der Waals surface area contributed by atoms with Crippen LogP contribution in [0.5, 0.6) is 0 Å². The Labute approximate surface area is 139 Å². The summed E-state index contributed by atoms with van der Waals surface area (Å²) in [6, 6.07) is 0. The number of rotatable bonds is 1. The number of carbonyl (C=O) groups excluding carboxylic acids is 1. The largest absolute Gasteiger partial charge is 0.550 e. The number of aliphatic carboxylic acids is 1. The van der Waals surface area contributed by atoms with Gasteiger partial charge in [-0.15, -0.1) is 0 Å². The number of aliphatic hydroxyl groups excluding tert-OH is 1. The summed E-state index contributed by atoms with van der Waals surface area (Å²) in [5.41, 5.74) is -0.183. The second-order valence-electron chi connectivity index (χ2n) is 10.2. The van der Waals surface area contributed by atoms with Gasteiger partial charge in [-0.3, -0.25) is 0 Å². The zero-order chi connectivity index (χ0) is 16.7. The van der Waals surface area contributed by atoms with Gasteiger partial charge in [0.25, 0.3) is 0 Å². The minimum Gasteiger partial charge on any atom is -0.550 e. The molecule has 3 nitrogen and oxygen atoms in total. The summed E-state index contributed by atoms with van der Waals surface area (Å²) in [6.07, 6.45) is 9.24. The number of carboxylic acids is 1. The Morgan fingerprint density at radius 2 is 1.74 bits per heavy atom. The van der Waals surface area contributed by atoms with Crippen molar-refractivity contribution in [3.63, 3.8) is 0 Å². The molecule has 0 aromatic rings. The topological polar surface area (TPSA) is 60.4 Å². The van der Waals surface area contributed by atoms with Crippen LogP contribution in [0.4, 0.5) is 0 Å². The first-order chi connectivity index (χ1) is 10.7.